The lowest BCUT2D eigenvalue weighted by atomic mass is 10.4. The van der Waals surface area contributed by atoms with Crippen LogP contribution in [0.2, 0.25) is 0 Å². The number of hydrogen-bond donors (Lipinski definition) is 2. The van der Waals surface area contributed by atoms with Crippen LogP contribution in [0.5, 0.6) is 0 Å². The minimum atomic E-state index is -1.26. The normalized spacial score (nSPS) is 14.5. The molecule has 0 aromatic carbocycles. The van der Waals surface area contributed by atoms with Gasteiger partial charge in [0.1, 0.15) is 12.2 Å². The third-order valence-corrected chi connectivity index (χ3v) is 1.08. The van der Waals surface area contributed by atoms with Gasteiger partial charge in [-0.15, -0.1) is 0 Å². The second kappa shape index (κ2) is 5.50. The van der Waals surface area contributed by atoms with E-state index < -0.39 is 30.9 Å². The van der Waals surface area contributed by atoms with Gasteiger partial charge < -0.3 is 19.7 Å². The van der Waals surface area contributed by atoms with Gasteiger partial charge in [0, 0.05) is 0 Å². The van der Waals surface area contributed by atoms with Crippen molar-refractivity contribution >= 4 is 11.9 Å². The van der Waals surface area contributed by atoms with E-state index in [1.807, 2.05) is 0 Å². The molecule has 0 rings (SSSR count). The van der Waals surface area contributed by atoms with Crippen molar-refractivity contribution in [1.29, 1.82) is 0 Å². The molecule has 0 bridgehead atoms. The summed E-state index contributed by atoms with van der Waals surface area (Å²) in [6.45, 7) is 1.84. The fraction of sp³-hybridized carbons (Fsp3) is 0.714. The Bertz CT molecular complexity index is 165. The fourth-order valence-electron chi connectivity index (χ4n) is 0.387. The van der Waals surface area contributed by atoms with Gasteiger partial charge in [0.25, 0.3) is 0 Å². The molecule has 0 radical (unpaired) electrons. The molecule has 2 atom stereocenters. The van der Waals surface area contributed by atoms with Crippen molar-refractivity contribution in [3.63, 3.8) is 0 Å². The van der Waals surface area contributed by atoms with E-state index in [0.29, 0.717) is 0 Å². The maximum atomic E-state index is 10.6. The zero-order chi connectivity index (χ0) is 10.4. The summed E-state index contributed by atoms with van der Waals surface area (Å²) < 4.78 is 8.56. The molecule has 0 aliphatic carbocycles. The zero-order valence-electron chi connectivity index (χ0n) is 7.39. The average molecular weight is 192 g/mol. The molecule has 0 saturated carbocycles. The van der Waals surface area contributed by atoms with Crippen molar-refractivity contribution in [3.8, 4) is 0 Å². The zero-order valence-corrected chi connectivity index (χ0v) is 7.39. The summed E-state index contributed by atoms with van der Waals surface area (Å²) in [4.78, 5) is 21.1. The van der Waals surface area contributed by atoms with Gasteiger partial charge in [-0.1, -0.05) is 0 Å². The Hall–Kier alpha value is -1.14. The molecular weight excluding hydrogens is 180 g/mol. The van der Waals surface area contributed by atoms with Crippen molar-refractivity contribution in [2.45, 2.75) is 26.1 Å². The summed E-state index contributed by atoms with van der Waals surface area (Å²) in [5.41, 5.74) is 0. The molecule has 0 amide bonds. The Morgan fingerprint density at radius 2 is 1.38 bits per heavy atom. The second-order valence-corrected chi connectivity index (χ2v) is 2.40. The maximum absolute atomic E-state index is 10.6. The van der Waals surface area contributed by atoms with Crippen LogP contribution in [0.25, 0.3) is 0 Å². The molecule has 0 spiro atoms. The highest BCUT2D eigenvalue weighted by Gasteiger charge is 2.13. The van der Waals surface area contributed by atoms with Crippen molar-refractivity contribution in [1.82, 2.24) is 0 Å². The first-order valence-corrected chi connectivity index (χ1v) is 3.64. The van der Waals surface area contributed by atoms with Crippen LogP contribution in [0, 0.1) is 0 Å². The summed E-state index contributed by atoms with van der Waals surface area (Å²) in [5.74, 6) is -1.78. The van der Waals surface area contributed by atoms with Gasteiger partial charge in [-0.05, 0) is 13.8 Å². The summed E-state index contributed by atoms with van der Waals surface area (Å²) in [5, 5.41) is 17.3. The Morgan fingerprint density at radius 3 is 1.62 bits per heavy atom. The Balaban J connectivity index is 3.57. The molecule has 0 unspecified atom stereocenters. The lowest BCUT2D eigenvalue weighted by Gasteiger charge is -2.08. The SMILES string of the molecule is C[C@@H](O)C(=O)OCOC(=O)[C@@H](C)O. The quantitative estimate of drug-likeness (QED) is 0.429. The molecule has 6 heteroatoms. The van der Waals surface area contributed by atoms with Gasteiger partial charge in [-0.2, -0.15) is 0 Å². The molecule has 6 nitrogen and oxygen atoms in total. The van der Waals surface area contributed by atoms with Crippen LogP contribution in [0.15, 0.2) is 0 Å². The molecule has 0 fully saturated rings. The summed E-state index contributed by atoms with van der Waals surface area (Å²) in [6.07, 6.45) is -2.52. The summed E-state index contributed by atoms with van der Waals surface area (Å²) in [7, 11) is 0. The van der Waals surface area contributed by atoms with Crippen LogP contribution in [0.1, 0.15) is 13.8 Å². The van der Waals surface area contributed by atoms with E-state index in [4.69, 9.17) is 10.2 Å². The Kier molecular flexibility index (Phi) is 5.01. The third kappa shape index (κ3) is 5.15. The second-order valence-electron chi connectivity index (χ2n) is 2.40. The van der Waals surface area contributed by atoms with Crippen molar-refractivity contribution in [2.24, 2.45) is 0 Å². The number of ether oxygens (including phenoxy) is 2. The van der Waals surface area contributed by atoms with Crippen molar-refractivity contribution < 1.29 is 29.3 Å². The van der Waals surface area contributed by atoms with Crippen LogP contribution >= 0.6 is 0 Å². The third-order valence-electron chi connectivity index (χ3n) is 1.08. The molecule has 0 aliphatic rings. The molecule has 0 aromatic heterocycles. The van der Waals surface area contributed by atoms with Gasteiger partial charge in [0.15, 0.2) is 0 Å². The van der Waals surface area contributed by atoms with Crippen LogP contribution in [-0.4, -0.2) is 41.2 Å². The van der Waals surface area contributed by atoms with Crippen LogP contribution < -0.4 is 0 Å². The van der Waals surface area contributed by atoms with Crippen LogP contribution in [0.4, 0.5) is 0 Å². The van der Waals surface area contributed by atoms with E-state index in [0.717, 1.165) is 0 Å². The van der Waals surface area contributed by atoms with E-state index in [1.165, 1.54) is 13.8 Å². The predicted molar refractivity (Wildman–Crippen MR) is 40.4 cm³/mol. The predicted octanol–water partition coefficient (Wildman–Crippen LogP) is -1.21. The smallest absolute Gasteiger partial charge is 0.337 e. The van der Waals surface area contributed by atoms with Gasteiger partial charge in [-0.25, -0.2) is 9.59 Å². The Labute approximate surface area is 75.1 Å². The highest BCUT2D eigenvalue weighted by atomic mass is 16.7. The molecule has 0 aliphatic heterocycles. The van der Waals surface area contributed by atoms with E-state index >= 15 is 0 Å². The van der Waals surface area contributed by atoms with E-state index in [1.54, 1.807) is 0 Å². The topological polar surface area (TPSA) is 93.1 Å². The van der Waals surface area contributed by atoms with E-state index in [9.17, 15) is 9.59 Å². The molecule has 0 saturated heterocycles. The van der Waals surface area contributed by atoms with Gasteiger partial charge in [0.2, 0.25) is 6.79 Å². The largest absolute Gasteiger partial charge is 0.426 e. The maximum Gasteiger partial charge on any atom is 0.337 e. The van der Waals surface area contributed by atoms with Crippen LogP contribution in [0.3, 0.4) is 0 Å². The number of carbonyl (C=O) groups is 2. The summed E-state index contributed by atoms with van der Waals surface area (Å²) >= 11 is 0. The highest BCUT2D eigenvalue weighted by molar-refractivity contribution is 5.75. The lowest BCUT2D eigenvalue weighted by molar-refractivity contribution is -0.177. The minimum absolute atomic E-state index is 0.604. The molecule has 0 aromatic rings. The van der Waals surface area contributed by atoms with Gasteiger partial charge in [0.05, 0.1) is 0 Å². The first-order chi connectivity index (χ1) is 5.95. The van der Waals surface area contributed by atoms with E-state index in [-0.39, 0.29) is 0 Å². The van der Waals surface area contributed by atoms with Gasteiger partial charge >= 0.3 is 11.9 Å². The number of rotatable bonds is 4. The molecule has 76 valence electrons. The van der Waals surface area contributed by atoms with Crippen LogP contribution in [-0.2, 0) is 19.1 Å². The molecule has 13 heavy (non-hydrogen) atoms. The average Bonchev–Trinajstić information content (AvgIpc) is 2.03. The number of aliphatic hydroxyl groups excluding tert-OH is 2. The number of esters is 2. The first kappa shape index (κ1) is 11.9. The highest BCUT2D eigenvalue weighted by Crippen LogP contribution is 1.90. The van der Waals surface area contributed by atoms with Crippen molar-refractivity contribution in [3.05, 3.63) is 0 Å². The minimum Gasteiger partial charge on any atom is -0.426 e. The fourth-order valence-corrected chi connectivity index (χ4v) is 0.387. The van der Waals surface area contributed by atoms with E-state index in [2.05, 4.69) is 9.47 Å². The number of hydrogen-bond acceptors (Lipinski definition) is 6. The standard InChI is InChI=1S/C7H12O6/c1-4(8)6(10)12-3-13-7(11)5(2)9/h4-5,8-9H,3H2,1-2H3/t4-,5-/m1/s1. The first-order valence-electron chi connectivity index (χ1n) is 3.64. The van der Waals surface area contributed by atoms with Crippen molar-refractivity contribution in [2.75, 3.05) is 6.79 Å². The monoisotopic (exact) mass is 192 g/mol. The summed E-state index contributed by atoms with van der Waals surface area (Å²) in [6, 6.07) is 0. The molecular formula is C7H12O6. The number of aliphatic hydroxyl groups is 2. The molecule has 0 heterocycles. The van der Waals surface area contributed by atoms with Gasteiger partial charge in [-0.3, -0.25) is 0 Å². The molecule has 2 N–H and O–H groups in total. The Morgan fingerprint density at radius 1 is 1.08 bits per heavy atom. The number of carbonyl (C=O) groups excluding carboxylic acids is 2. The lowest BCUT2D eigenvalue weighted by Crippen LogP contribution is -2.25.